The van der Waals surface area contributed by atoms with Gasteiger partial charge in [-0.25, -0.2) is 0 Å². The van der Waals surface area contributed by atoms with Crippen LogP contribution >= 0.6 is 0 Å². The van der Waals surface area contributed by atoms with E-state index in [0.29, 0.717) is 18.7 Å². The van der Waals surface area contributed by atoms with Gasteiger partial charge in [-0.1, -0.05) is 18.7 Å². The Bertz CT molecular complexity index is 780. The summed E-state index contributed by atoms with van der Waals surface area (Å²) in [7, 11) is 1.65. The third kappa shape index (κ3) is 3.38. The van der Waals surface area contributed by atoms with E-state index in [1.165, 1.54) is 11.1 Å². The number of methoxy groups -OCH3 is 1. The third-order valence-corrected chi connectivity index (χ3v) is 4.49. The maximum atomic E-state index is 13.1. The predicted molar refractivity (Wildman–Crippen MR) is 99.9 cm³/mol. The zero-order valence-electron chi connectivity index (χ0n) is 14.7. The number of hydrogen-bond donors (Lipinski definition) is 0. The van der Waals surface area contributed by atoms with Crippen LogP contribution in [0.15, 0.2) is 49.1 Å². The summed E-state index contributed by atoms with van der Waals surface area (Å²) in [6.07, 6.45) is 3.61. The van der Waals surface area contributed by atoms with E-state index in [-0.39, 0.29) is 5.91 Å². The van der Waals surface area contributed by atoms with Crippen molar-refractivity contribution in [3.8, 4) is 11.5 Å². The van der Waals surface area contributed by atoms with Gasteiger partial charge in [0.25, 0.3) is 5.91 Å². The van der Waals surface area contributed by atoms with Gasteiger partial charge >= 0.3 is 0 Å². The molecule has 1 amide bonds. The van der Waals surface area contributed by atoms with Gasteiger partial charge in [-0.3, -0.25) is 4.79 Å². The smallest absolute Gasteiger partial charge is 0.258 e. The predicted octanol–water partition coefficient (Wildman–Crippen LogP) is 4.16. The minimum Gasteiger partial charge on any atom is -0.495 e. The highest BCUT2D eigenvalue weighted by molar-refractivity contribution is 6.07. The van der Waals surface area contributed by atoms with Crippen molar-refractivity contribution in [3.63, 3.8) is 0 Å². The Kier molecular flexibility index (Phi) is 5.08. The highest BCUT2D eigenvalue weighted by atomic mass is 16.5. The van der Waals surface area contributed by atoms with E-state index in [1.807, 2.05) is 23.1 Å². The molecule has 3 rings (SSSR count). The van der Waals surface area contributed by atoms with E-state index in [1.54, 1.807) is 25.3 Å². The van der Waals surface area contributed by atoms with Crippen molar-refractivity contribution in [1.82, 2.24) is 0 Å². The van der Waals surface area contributed by atoms with Gasteiger partial charge in [0.2, 0.25) is 0 Å². The Morgan fingerprint density at radius 3 is 2.68 bits per heavy atom. The van der Waals surface area contributed by atoms with Crippen molar-refractivity contribution in [3.05, 3.63) is 65.7 Å². The minimum atomic E-state index is -0.0138. The summed E-state index contributed by atoms with van der Waals surface area (Å²) >= 11 is 0. The van der Waals surface area contributed by atoms with Crippen molar-refractivity contribution in [2.24, 2.45) is 0 Å². The molecule has 0 bridgehead atoms. The van der Waals surface area contributed by atoms with Crippen LogP contribution < -0.4 is 14.4 Å². The molecule has 0 unspecified atom stereocenters. The monoisotopic (exact) mass is 337 g/mol. The number of amides is 1. The molecule has 1 aliphatic heterocycles. The Morgan fingerprint density at radius 2 is 2.00 bits per heavy atom. The van der Waals surface area contributed by atoms with Gasteiger partial charge in [-0.05, 0) is 61.2 Å². The van der Waals surface area contributed by atoms with Crippen LogP contribution in [0.1, 0.15) is 27.9 Å². The van der Waals surface area contributed by atoms with E-state index in [9.17, 15) is 4.79 Å². The molecule has 2 aromatic rings. The molecule has 130 valence electrons. The van der Waals surface area contributed by atoms with E-state index in [2.05, 4.69) is 19.6 Å². The molecule has 0 atom stereocenters. The third-order valence-electron chi connectivity index (χ3n) is 4.49. The molecule has 0 aromatic heterocycles. The number of benzene rings is 2. The van der Waals surface area contributed by atoms with E-state index >= 15 is 0 Å². The van der Waals surface area contributed by atoms with E-state index in [4.69, 9.17) is 9.47 Å². The quantitative estimate of drug-likeness (QED) is 0.769. The van der Waals surface area contributed by atoms with Crippen LogP contribution in [0.5, 0.6) is 11.5 Å². The van der Waals surface area contributed by atoms with Crippen molar-refractivity contribution in [2.45, 2.75) is 19.8 Å². The summed E-state index contributed by atoms with van der Waals surface area (Å²) < 4.78 is 11.0. The van der Waals surface area contributed by atoms with Crippen molar-refractivity contribution in [1.29, 1.82) is 0 Å². The van der Waals surface area contributed by atoms with Gasteiger partial charge in [0, 0.05) is 12.1 Å². The first-order chi connectivity index (χ1) is 12.2. The van der Waals surface area contributed by atoms with Gasteiger partial charge in [0.1, 0.15) is 18.1 Å². The fraction of sp³-hybridized carbons (Fsp3) is 0.286. The zero-order valence-corrected chi connectivity index (χ0v) is 14.7. The highest BCUT2D eigenvalue weighted by Crippen LogP contribution is 2.39. The Morgan fingerprint density at radius 1 is 1.24 bits per heavy atom. The van der Waals surface area contributed by atoms with Crippen LogP contribution in [0.2, 0.25) is 0 Å². The lowest BCUT2D eigenvalue weighted by Gasteiger charge is -2.32. The van der Waals surface area contributed by atoms with Crippen LogP contribution in [-0.4, -0.2) is 26.2 Å². The van der Waals surface area contributed by atoms with Crippen molar-refractivity contribution >= 4 is 11.6 Å². The van der Waals surface area contributed by atoms with Crippen LogP contribution in [0.4, 0.5) is 5.69 Å². The standard InChI is InChI=1S/C21H23NO3/c1-4-14-25-17-10-8-16(9-11-17)21(23)22-13-5-6-18-15(2)7-12-19(24-3)20(18)22/h4,7-12H,1,5-6,13-14H2,2-3H3. The topological polar surface area (TPSA) is 38.8 Å². The number of fused-ring (bicyclic) bond motifs is 1. The first-order valence-corrected chi connectivity index (χ1v) is 8.47. The van der Waals surface area contributed by atoms with Crippen LogP contribution in [0.3, 0.4) is 0 Å². The van der Waals surface area contributed by atoms with Gasteiger partial charge in [0.15, 0.2) is 0 Å². The lowest BCUT2D eigenvalue weighted by Crippen LogP contribution is -2.36. The Hall–Kier alpha value is -2.75. The second-order valence-corrected chi connectivity index (χ2v) is 6.10. The zero-order chi connectivity index (χ0) is 17.8. The number of aryl methyl sites for hydroxylation is 1. The Labute approximate surface area is 148 Å². The molecule has 25 heavy (non-hydrogen) atoms. The largest absolute Gasteiger partial charge is 0.495 e. The first kappa shape index (κ1) is 17.1. The lowest BCUT2D eigenvalue weighted by atomic mass is 9.95. The fourth-order valence-electron chi connectivity index (χ4n) is 3.23. The Balaban J connectivity index is 1.92. The molecule has 4 nitrogen and oxygen atoms in total. The van der Waals surface area contributed by atoms with E-state index < -0.39 is 0 Å². The molecule has 0 saturated heterocycles. The lowest BCUT2D eigenvalue weighted by molar-refractivity contribution is 0.0984. The molecule has 0 spiro atoms. The van der Waals surface area contributed by atoms with Crippen molar-refractivity contribution < 1.29 is 14.3 Å². The molecule has 0 aliphatic carbocycles. The number of carbonyl (C=O) groups excluding carboxylic acids is 1. The maximum absolute atomic E-state index is 13.1. The number of rotatable bonds is 5. The second kappa shape index (κ2) is 7.43. The number of carbonyl (C=O) groups is 1. The molecule has 0 fully saturated rings. The van der Waals surface area contributed by atoms with Gasteiger partial charge in [-0.15, -0.1) is 0 Å². The van der Waals surface area contributed by atoms with Crippen LogP contribution in [0.25, 0.3) is 0 Å². The molecular formula is C21H23NO3. The average Bonchev–Trinajstić information content (AvgIpc) is 2.66. The number of hydrogen-bond acceptors (Lipinski definition) is 3. The number of anilines is 1. The molecule has 1 heterocycles. The van der Waals surface area contributed by atoms with Crippen molar-refractivity contribution in [2.75, 3.05) is 25.2 Å². The average molecular weight is 337 g/mol. The molecular weight excluding hydrogens is 314 g/mol. The summed E-state index contributed by atoms with van der Waals surface area (Å²) in [6.45, 7) is 6.85. The summed E-state index contributed by atoms with van der Waals surface area (Å²) in [4.78, 5) is 14.9. The highest BCUT2D eigenvalue weighted by Gasteiger charge is 2.27. The second-order valence-electron chi connectivity index (χ2n) is 6.10. The van der Waals surface area contributed by atoms with Crippen LogP contribution in [0, 0.1) is 6.92 Å². The summed E-state index contributed by atoms with van der Waals surface area (Å²) in [5.74, 6) is 1.46. The maximum Gasteiger partial charge on any atom is 0.258 e. The summed E-state index contributed by atoms with van der Waals surface area (Å²) in [5.41, 5.74) is 3.94. The fourth-order valence-corrected chi connectivity index (χ4v) is 3.23. The SMILES string of the molecule is C=CCOc1ccc(C(=O)N2CCCc3c(C)ccc(OC)c32)cc1. The molecule has 0 radical (unpaired) electrons. The van der Waals surface area contributed by atoms with Gasteiger partial charge in [0.05, 0.1) is 12.8 Å². The molecule has 0 saturated carbocycles. The number of ether oxygens (including phenoxy) is 2. The molecule has 1 aliphatic rings. The summed E-state index contributed by atoms with van der Waals surface area (Å²) in [6, 6.07) is 11.2. The minimum absolute atomic E-state index is 0.0138. The molecule has 4 heteroatoms. The molecule has 0 N–H and O–H groups in total. The molecule has 2 aromatic carbocycles. The summed E-state index contributed by atoms with van der Waals surface area (Å²) in [5, 5.41) is 0. The van der Waals surface area contributed by atoms with Gasteiger partial charge in [-0.2, -0.15) is 0 Å². The normalized spacial score (nSPS) is 13.1. The first-order valence-electron chi connectivity index (χ1n) is 8.47. The van der Waals surface area contributed by atoms with Gasteiger partial charge < -0.3 is 14.4 Å². The van der Waals surface area contributed by atoms with E-state index in [0.717, 1.165) is 30.0 Å². The number of nitrogens with zero attached hydrogens (tertiary/aromatic N) is 1. The van der Waals surface area contributed by atoms with Crippen LogP contribution in [-0.2, 0) is 6.42 Å².